The van der Waals surface area contributed by atoms with Crippen molar-refractivity contribution in [1.82, 2.24) is 6.15 Å². The van der Waals surface area contributed by atoms with Gasteiger partial charge in [-0.1, -0.05) is 30.3 Å². The first-order chi connectivity index (χ1) is 5.52. The standard InChI is InChI=1S/C8H5F3O.H3N/c9-8(10,11)7(12)6-4-2-1-3-5-6;/h1-5H;1H3. The van der Waals surface area contributed by atoms with E-state index in [2.05, 4.69) is 0 Å². The van der Waals surface area contributed by atoms with Gasteiger partial charge < -0.3 is 6.15 Å². The maximum Gasteiger partial charge on any atom is 0.454 e. The van der Waals surface area contributed by atoms with Crippen molar-refractivity contribution in [3.05, 3.63) is 35.9 Å². The third-order valence-corrected chi connectivity index (χ3v) is 1.29. The third kappa shape index (κ3) is 2.87. The van der Waals surface area contributed by atoms with Crippen molar-refractivity contribution in [2.24, 2.45) is 0 Å². The minimum Gasteiger partial charge on any atom is -0.344 e. The lowest BCUT2D eigenvalue weighted by molar-refractivity contribution is -0.0885. The van der Waals surface area contributed by atoms with Crippen LogP contribution in [0.2, 0.25) is 0 Å². The number of hydrogen-bond acceptors (Lipinski definition) is 2. The van der Waals surface area contributed by atoms with Crippen LogP contribution in [0.25, 0.3) is 0 Å². The van der Waals surface area contributed by atoms with Crippen molar-refractivity contribution < 1.29 is 18.0 Å². The van der Waals surface area contributed by atoms with Gasteiger partial charge in [0.25, 0.3) is 5.78 Å². The Labute approximate surface area is 73.0 Å². The van der Waals surface area contributed by atoms with Crippen LogP contribution in [-0.4, -0.2) is 12.0 Å². The van der Waals surface area contributed by atoms with E-state index >= 15 is 0 Å². The lowest BCUT2D eigenvalue weighted by Crippen LogP contribution is -2.22. The molecular weight excluding hydrogens is 183 g/mol. The van der Waals surface area contributed by atoms with E-state index in [9.17, 15) is 18.0 Å². The number of alkyl halides is 3. The fourth-order valence-electron chi connectivity index (χ4n) is 0.753. The molecule has 72 valence electrons. The molecule has 0 amide bonds. The number of halogens is 3. The minimum absolute atomic E-state index is 0. The highest BCUT2D eigenvalue weighted by atomic mass is 19.4. The number of ketones is 1. The Kier molecular flexibility index (Phi) is 3.62. The summed E-state index contributed by atoms with van der Waals surface area (Å²) < 4.78 is 35.4. The van der Waals surface area contributed by atoms with Gasteiger partial charge in [0.1, 0.15) is 0 Å². The van der Waals surface area contributed by atoms with Gasteiger partial charge in [-0.25, -0.2) is 0 Å². The van der Waals surface area contributed by atoms with E-state index in [1.807, 2.05) is 0 Å². The van der Waals surface area contributed by atoms with Gasteiger partial charge in [-0.05, 0) is 0 Å². The first-order valence-corrected chi connectivity index (χ1v) is 3.18. The average Bonchev–Trinajstić information content (AvgIpc) is 2.03. The summed E-state index contributed by atoms with van der Waals surface area (Å²) in [5.41, 5.74) is -0.329. The Hall–Kier alpha value is -1.36. The van der Waals surface area contributed by atoms with Crippen LogP contribution in [0.4, 0.5) is 13.2 Å². The molecule has 1 rings (SSSR count). The van der Waals surface area contributed by atoms with Crippen molar-refractivity contribution in [2.75, 3.05) is 0 Å². The molecule has 0 aromatic heterocycles. The molecule has 0 aliphatic heterocycles. The van der Waals surface area contributed by atoms with E-state index in [4.69, 9.17) is 0 Å². The zero-order chi connectivity index (χ0) is 9.19. The number of carbonyl (C=O) groups excluding carboxylic acids is 1. The number of benzene rings is 1. The van der Waals surface area contributed by atoms with E-state index in [1.165, 1.54) is 12.1 Å². The quantitative estimate of drug-likeness (QED) is 0.693. The molecule has 0 saturated carbocycles. The molecule has 0 aliphatic carbocycles. The summed E-state index contributed by atoms with van der Waals surface area (Å²) in [6.07, 6.45) is -4.78. The highest BCUT2D eigenvalue weighted by molar-refractivity contribution is 6.00. The van der Waals surface area contributed by atoms with E-state index in [0.717, 1.165) is 12.1 Å². The highest BCUT2D eigenvalue weighted by Crippen LogP contribution is 2.20. The topological polar surface area (TPSA) is 52.1 Å². The molecule has 0 radical (unpaired) electrons. The maximum absolute atomic E-state index is 11.8. The second-order valence-electron chi connectivity index (χ2n) is 2.19. The summed E-state index contributed by atoms with van der Waals surface area (Å²) in [7, 11) is 0. The molecule has 0 bridgehead atoms. The van der Waals surface area contributed by atoms with Crippen molar-refractivity contribution in [3.8, 4) is 0 Å². The Bertz CT molecular complexity index is 281. The molecule has 0 unspecified atom stereocenters. The van der Waals surface area contributed by atoms with Gasteiger partial charge in [0.15, 0.2) is 0 Å². The summed E-state index contributed by atoms with van der Waals surface area (Å²) in [4.78, 5) is 10.5. The summed E-state index contributed by atoms with van der Waals surface area (Å²) in [5, 5.41) is 0. The summed E-state index contributed by atoms with van der Waals surface area (Å²) in [6.45, 7) is 0. The number of carbonyl (C=O) groups is 1. The molecule has 0 heterocycles. The van der Waals surface area contributed by atoms with Gasteiger partial charge in [0.05, 0.1) is 0 Å². The Morgan fingerprint density at radius 1 is 1.08 bits per heavy atom. The molecule has 0 fully saturated rings. The molecule has 1 aromatic rings. The Morgan fingerprint density at radius 2 is 1.54 bits per heavy atom. The van der Waals surface area contributed by atoms with Gasteiger partial charge in [0, 0.05) is 5.56 Å². The van der Waals surface area contributed by atoms with Crippen LogP contribution < -0.4 is 6.15 Å². The largest absolute Gasteiger partial charge is 0.454 e. The van der Waals surface area contributed by atoms with Gasteiger partial charge in [-0.2, -0.15) is 13.2 Å². The second kappa shape index (κ2) is 4.04. The maximum atomic E-state index is 11.8. The molecule has 0 atom stereocenters. The van der Waals surface area contributed by atoms with Crippen molar-refractivity contribution in [3.63, 3.8) is 0 Å². The average molecular weight is 191 g/mol. The smallest absolute Gasteiger partial charge is 0.344 e. The molecule has 3 N–H and O–H groups in total. The molecular formula is C8H8F3NO. The molecule has 13 heavy (non-hydrogen) atoms. The van der Waals surface area contributed by atoms with E-state index in [-0.39, 0.29) is 11.7 Å². The molecule has 2 nitrogen and oxygen atoms in total. The molecule has 0 spiro atoms. The highest BCUT2D eigenvalue weighted by Gasteiger charge is 2.38. The normalized spacial score (nSPS) is 10.4. The lowest BCUT2D eigenvalue weighted by atomic mass is 10.1. The predicted octanol–water partition coefficient (Wildman–Crippen LogP) is 2.59. The lowest BCUT2D eigenvalue weighted by Gasteiger charge is -2.03. The number of Topliss-reactive ketones (excluding diaryl/α,β-unsaturated/α-hetero) is 1. The second-order valence-corrected chi connectivity index (χ2v) is 2.19. The molecule has 1 aromatic carbocycles. The summed E-state index contributed by atoms with van der Waals surface area (Å²) in [5.74, 6) is -1.80. The van der Waals surface area contributed by atoms with Crippen LogP contribution in [-0.2, 0) is 0 Å². The summed E-state index contributed by atoms with van der Waals surface area (Å²) >= 11 is 0. The number of hydrogen-bond donors (Lipinski definition) is 1. The van der Waals surface area contributed by atoms with Crippen LogP contribution in [0, 0.1) is 0 Å². The van der Waals surface area contributed by atoms with Crippen LogP contribution >= 0.6 is 0 Å². The fraction of sp³-hybridized carbons (Fsp3) is 0.125. The van der Waals surface area contributed by atoms with Crippen LogP contribution in [0.5, 0.6) is 0 Å². The van der Waals surface area contributed by atoms with Crippen LogP contribution in [0.15, 0.2) is 30.3 Å². The first-order valence-electron chi connectivity index (χ1n) is 3.18. The van der Waals surface area contributed by atoms with Crippen molar-refractivity contribution in [1.29, 1.82) is 0 Å². The first kappa shape index (κ1) is 11.6. The monoisotopic (exact) mass is 191 g/mol. The SMILES string of the molecule is N.O=C(c1ccccc1)C(F)(F)F. The predicted molar refractivity (Wildman–Crippen MR) is 41.8 cm³/mol. The number of rotatable bonds is 1. The van der Waals surface area contributed by atoms with Crippen molar-refractivity contribution >= 4 is 5.78 Å². The minimum atomic E-state index is -4.78. The van der Waals surface area contributed by atoms with Gasteiger partial charge in [-0.15, -0.1) is 0 Å². The fourth-order valence-corrected chi connectivity index (χ4v) is 0.753. The van der Waals surface area contributed by atoms with E-state index in [0.29, 0.717) is 0 Å². The van der Waals surface area contributed by atoms with Crippen molar-refractivity contribution in [2.45, 2.75) is 6.18 Å². The van der Waals surface area contributed by atoms with Crippen LogP contribution in [0.1, 0.15) is 10.4 Å². The van der Waals surface area contributed by atoms with Gasteiger partial charge >= 0.3 is 6.18 Å². The summed E-state index contributed by atoms with van der Waals surface area (Å²) in [6, 6.07) is 6.59. The van der Waals surface area contributed by atoms with E-state index in [1.54, 1.807) is 6.07 Å². The molecule has 5 heteroatoms. The van der Waals surface area contributed by atoms with E-state index < -0.39 is 12.0 Å². The zero-order valence-corrected chi connectivity index (χ0v) is 6.64. The van der Waals surface area contributed by atoms with Crippen LogP contribution in [0.3, 0.4) is 0 Å². The third-order valence-electron chi connectivity index (χ3n) is 1.29. The molecule has 0 saturated heterocycles. The zero-order valence-electron chi connectivity index (χ0n) is 6.64. The van der Waals surface area contributed by atoms with Gasteiger partial charge in [0.2, 0.25) is 0 Å². The van der Waals surface area contributed by atoms with Gasteiger partial charge in [-0.3, -0.25) is 4.79 Å². The Morgan fingerprint density at radius 3 is 1.92 bits per heavy atom. The molecule has 0 aliphatic rings. The Balaban J connectivity index is 0.00000144.